The normalized spacial score (nSPS) is 16.6. The van der Waals surface area contributed by atoms with Gasteiger partial charge in [0.25, 0.3) is 0 Å². The first-order chi connectivity index (χ1) is 14.0. The Morgan fingerprint density at radius 3 is 2.90 bits per heavy atom. The van der Waals surface area contributed by atoms with Crippen molar-refractivity contribution >= 4 is 47.1 Å². The van der Waals surface area contributed by atoms with E-state index >= 15 is 0 Å². The molecule has 2 aromatic carbocycles. The number of anilines is 1. The van der Waals surface area contributed by atoms with E-state index in [0.29, 0.717) is 20.6 Å². The summed E-state index contributed by atoms with van der Waals surface area (Å²) < 4.78 is 31.9. The van der Waals surface area contributed by atoms with Crippen LogP contribution in [-0.4, -0.2) is 17.3 Å². The van der Waals surface area contributed by atoms with Crippen LogP contribution in [0.4, 0.5) is 14.5 Å². The monoisotopic (exact) mass is 448 g/mol. The van der Waals surface area contributed by atoms with Gasteiger partial charge in [-0.3, -0.25) is 4.99 Å². The molecular weight excluding hydrogens is 437 g/mol. The zero-order chi connectivity index (χ0) is 20.4. The van der Waals surface area contributed by atoms with Crippen molar-refractivity contribution in [2.45, 2.75) is 11.1 Å². The van der Waals surface area contributed by atoms with Crippen molar-refractivity contribution in [2.75, 3.05) is 4.72 Å². The Kier molecular flexibility index (Phi) is 5.67. The van der Waals surface area contributed by atoms with Gasteiger partial charge in [-0.2, -0.15) is 0 Å². The SMILES string of the molecule is Fc1ccc(NSc2cc(Cl)ccc2Cl)c(F)c1C#CC1=CN=CC2NC=CN12. The topological polar surface area (TPSA) is 39.7 Å². The number of aliphatic imine (C=N–C) groups is 1. The maximum absolute atomic E-state index is 14.9. The molecule has 0 fully saturated rings. The molecule has 0 saturated carbocycles. The number of rotatable bonds is 3. The van der Waals surface area contributed by atoms with Crippen LogP contribution in [0, 0.1) is 23.5 Å². The van der Waals surface area contributed by atoms with Gasteiger partial charge in [0.15, 0.2) is 5.82 Å². The maximum Gasteiger partial charge on any atom is 0.165 e. The fraction of sp³-hybridized carbons (Fsp3) is 0.0500. The third kappa shape index (κ3) is 4.20. The first kappa shape index (κ1) is 19.6. The third-order valence-corrected chi connectivity index (χ3v) is 5.63. The second-order valence-electron chi connectivity index (χ2n) is 5.96. The van der Waals surface area contributed by atoms with Crippen LogP contribution in [-0.2, 0) is 0 Å². The predicted molar refractivity (Wildman–Crippen MR) is 114 cm³/mol. The van der Waals surface area contributed by atoms with Gasteiger partial charge in [-0.15, -0.1) is 0 Å². The molecule has 0 spiro atoms. The van der Waals surface area contributed by atoms with Gasteiger partial charge in [0.2, 0.25) is 0 Å². The average Bonchev–Trinajstić information content (AvgIpc) is 3.19. The van der Waals surface area contributed by atoms with Crippen LogP contribution in [0.2, 0.25) is 10.0 Å². The molecule has 9 heteroatoms. The average molecular weight is 449 g/mol. The van der Waals surface area contributed by atoms with Crippen molar-refractivity contribution in [2.24, 2.45) is 4.99 Å². The van der Waals surface area contributed by atoms with Crippen LogP contribution < -0.4 is 10.0 Å². The van der Waals surface area contributed by atoms with Crippen molar-refractivity contribution in [1.29, 1.82) is 0 Å². The lowest BCUT2D eigenvalue weighted by Crippen LogP contribution is -2.37. The summed E-state index contributed by atoms with van der Waals surface area (Å²) in [5.41, 5.74) is 0.264. The molecular formula is C20H12Cl2F2N4S. The van der Waals surface area contributed by atoms with Gasteiger partial charge < -0.3 is 14.9 Å². The Hall–Kier alpha value is -2.66. The summed E-state index contributed by atoms with van der Waals surface area (Å²) in [5, 5.41) is 4.02. The van der Waals surface area contributed by atoms with Gasteiger partial charge in [-0.25, -0.2) is 8.78 Å². The predicted octanol–water partition coefficient (Wildman–Crippen LogP) is 5.37. The van der Waals surface area contributed by atoms with Gasteiger partial charge in [0.05, 0.1) is 22.5 Å². The minimum Gasteiger partial charge on any atom is -0.365 e. The zero-order valence-corrected chi connectivity index (χ0v) is 16.9. The molecule has 146 valence electrons. The number of benzene rings is 2. The first-order valence-corrected chi connectivity index (χ1v) is 9.92. The number of hydrogen-bond acceptors (Lipinski definition) is 5. The van der Waals surface area contributed by atoms with Crippen molar-refractivity contribution in [3.8, 4) is 11.8 Å². The molecule has 29 heavy (non-hydrogen) atoms. The van der Waals surface area contributed by atoms with Crippen LogP contribution in [0.25, 0.3) is 0 Å². The highest BCUT2D eigenvalue weighted by molar-refractivity contribution is 8.00. The van der Waals surface area contributed by atoms with E-state index in [4.69, 9.17) is 23.2 Å². The van der Waals surface area contributed by atoms with Gasteiger partial charge in [-0.1, -0.05) is 29.1 Å². The van der Waals surface area contributed by atoms with Crippen LogP contribution in [0.15, 0.2) is 64.5 Å². The second kappa shape index (κ2) is 8.37. The molecule has 2 N–H and O–H groups in total. The molecule has 0 radical (unpaired) electrons. The van der Waals surface area contributed by atoms with Gasteiger partial charge in [-0.05, 0) is 48.2 Å². The molecule has 2 aliphatic heterocycles. The molecule has 2 aliphatic rings. The molecule has 4 nitrogen and oxygen atoms in total. The van der Waals surface area contributed by atoms with Crippen molar-refractivity contribution in [1.82, 2.24) is 10.2 Å². The minimum absolute atomic E-state index is 0.0769. The molecule has 2 heterocycles. The van der Waals surface area contributed by atoms with E-state index in [9.17, 15) is 8.78 Å². The molecule has 0 aliphatic carbocycles. The smallest absolute Gasteiger partial charge is 0.165 e. The number of halogens is 4. The summed E-state index contributed by atoms with van der Waals surface area (Å²) >= 11 is 13.1. The number of nitrogens with zero attached hydrogens (tertiary/aromatic N) is 2. The lowest BCUT2D eigenvalue weighted by Gasteiger charge is -2.23. The van der Waals surface area contributed by atoms with Gasteiger partial charge in [0.1, 0.15) is 17.7 Å². The number of allylic oxidation sites excluding steroid dienone is 1. The largest absolute Gasteiger partial charge is 0.365 e. The summed E-state index contributed by atoms with van der Waals surface area (Å²) in [5.74, 6) is 3.82. The highest BCUT2D eigenvalue weighted by Gasteiger charge is 2.21. The van der Waals surface area contributed by atoms with E-state index in [1.54, 1.807) is 36.8 Å². The van der Waals surface area contributed by atoms with E-state index < -0.39 is 11.6 Å². The Labute approximate surface area is 180 Å². The van der Waals surface area contributed by atoms with Crippen molar-refractivity contribution in [3.63, 3.8) is 0 Å². The Morgan fingerprint density at radius 1 is 1.17 bits per heavy atom. The first-order valence-electron chi connectivity index (χ1n) is 8.35. The van der Waals surface area contributed by atoms with E-state index in [-0.39, 0.29) is 17.4 Å². The van der Waals surface area contributed by atoms with E-state index in [2.05, 4.69) is 26.9 Å². The second-order valence-corrected chi connectivity index (χ2v) is 7.65. The minimum atomic E-state index is -0.797. The molecule has 1 atom stereocenters. The van der Waals surface area contributed by atoms with Crippen molar-refractivity contribution in [3.05, 3.63) is 81.9 Å². The summed E-state index contributed by atoms with van der Waals surface area (Å²) in [6.07, 6.45) is 6.63. The van der Waals surface area contributed by atoms with Crippen molar-refractivity contribution < 1.29 is 8.78 Å². The van der Waals surface area contributed by atoms with Crippen LogP contribution in [0.1, 0.15) is 5.56 Å². The summed E-state index contributed by atoms with van der Waals surface area (Å²) in [6, 6.07) is 7.40. The van der Waals surface area contributed by atoms with Gasteiger partial charge in [0, 0.05) is 28.5 Å². The Balaban J connectivity index is 1.58. The highest BCUT2D eigenvalue weighted by Crippen LogP contribution is 2.32. The van der Waals surface area contributed by atoms with E-state index in [1.807, 2.05) is 4.90 Å². The quantitative estimate of drug-likeness (QED) is 0.488. The summed E-state index contributed by atoms with van der Waals surface area (Å²) in [6.45, 7) is 0. The standard InChI is InChI=1S/C20H12Cl2F2N4S/c21-12-1-4-15(22)18(9-12)29-27-17-6-5-16(23)14(20(17)24)3-2-13-10-25-11-19-26-7-8-28(13)19/h1,4-11,19,26-27H. The fourth-order valence-electron chi connectivity index (χ4n) is 2.64. The molecule has 0 bridgehead atoms. The molecule has 0 saturated heterocycles. The molecule has 4 rings (SSSR count). The Morgan fingerprint density at radius 2 is 2.03 bits per heavy atom. The number of hydrogen-bond donors (Lipinski definition) is 2. The molecule has 1 unspecified atom stereocenters. The van der Waals surface area contributed by atoms with Crippen LogP contribution >= 0.6 is 35.1 Å². The van der Waals surface area contributed by atoms with E-state index in [0.717, 1.165) is 18.0 Å². The summed E-state index contributed by atoms with van der Waals surface area (Å²) in [4.78, 5) is 6.52. The van der Waals surface area contributed by atoms with Crippen LogP contribution in [0.5, 0.6) is 0 Å². The highest BCUT2D eigenvalue weighted by atomic mass is 35.5. The summed E-state index contributed by atoms with van der Waals surface area (Å²) in [7, 11) is 0. The lowest BCUT2D eigenvalue weighted by atomic mass is 10.1. The fourth-order valence-corrected chi connectivity index (χ4v) is 3.84. The Bertz CT molecular complexity index is 1120. The molecule has 0 amide bonds. The van der Waals surface area contributed by atoms with E-state index in [1.165, 1.54) is 12.3 Å². The van der Waals surface area contributed by atoms with Crippen LogP contribution in [0.3, 0.4) is 0 Å². The van der Waals surface area contributed by atoms with Gasteiger partial charge >= 0.3 is 0 Å². The number of fused-ring (bicyclic) bond motifs is 1. The third-order valence-electron chi connectivity index (χ3n) is 4.07. The zero-order valence-electron chi connectivity index (χ0n) is 14.6. The maximum atomic E-state index is 14.9. The lowest BCUT2D eigenvalue weighted by molar-refractivity contribution is 0.434. The molecule has 2 aromatic rings. The number of nitrogens with one attached hydrogen (secondary N) is 2. The molecule has 0 aromatic heterocycles.